The average Bonchev–Trinajstić information content (AvgIpc) is 3.56. The summed E-state index contributed by atoms with van der Waals surface area (Å²) in [4.78, 5) is 46.3. The number of aromatic nitrogens is 1. The Morgan fingerprint density at radius 3 is 2.47 bits per heavy atom. The van der Waals surface area contributed by atoms with Gasteiger partial charge in [-0.05, 0) is 41.5 Å². The number of methoxy groups -OCH3 is 1. The number of nitrogens with one attached hydrogen (secondary N) is 2. The number of nitrogens with zero attached hydrogens (tertiary/aromatic N) is 1. The summed E-state index contributed by atoms with van der Waals surface area (Å²) in [5, 5.41) is 5.07. The fraction of sp³-hybridized carbons (Fsp3) is 0.207. The predicted octanol–water partition coefficient (Wildman–Crippen LogP) is 5.08. The summed E-state index contributed by atoms with van der Waals surface area (Å²) >= 11 is 12.8. The Morgan fingerprint density at radius 2 is 1.74 bits per heavy atom. The van der Waals surface area contributed by atoms with Gasteiger partial charge < -0.3 is 9.72 Å². The standard InChI is InChI=1S/C29H23Cl2N3O4/c1-38-28(37)29(14-16-15-32-22-10-6-5-9-19(16)22)24-23(25(33-29)20-12-11-17(30)13-21(20)31)26(35)34(27(24)36)18-7-3-2-4-8-18/h2-13,15,23-25,32-33H,14H2,1H3/t23-,24-,25-,29-/m0/s1. The van der Waals surface area contributed by atoms with Gasteiger partial charge in [0.2, 0.25) is 11.8 Å². The number of fused-ring (bicyclic) bond motifs is 2. The maximum absolute atomic E-state index is 14.1. The second-order valence-electron chi connectivity index (χ2n) is 9.64. The average molecular weight is 548 g/mol. The monoisotopic (exact) mass is 547 g/mol. The summed E-state index contributed by atoms with van der Waals surface area (Å²) in [6.07, 6.45) is 1.94. The molecule has 6 rings (SSSR count). The normalized spacial score (nSPS) is 24.7. The first-order valence-electron chi connectivity index (χ1n) is 12.1. The van der Waals surface area contributed by atoms with Crippen molar-refractivity contribution in [2.45, 2.75) is 18.0 Å². The van der Waals surface area contributed by atoms with Crippen molar-refractivity contribution in [3.05, 3.63) is 100 Å². The van der Waals surface area contributed by atoms with Crippen LogP contribution in [0, 0.1) is 11.8 Å². The van der Waals surface area contributed by atoms with Gasteiger partial charge in [0.1, 0.15) is 5.54 Å². The molecule has 9 heteroatoms. The van der Waals surface area contributed by atoms with Gasteiger partial charge in [-0.2, -0.15) is 0 Å². The molecule has 2 amide bonds. The SMILES string of the molecule is COC(=O)[C@@]1(Cc2c[nH]c3ccccc23)N[C@@H](c2ccc(Cl)cc2Cl)[C@H]2C(=O)N(c3ccccc3)C(=O)[C@H]21. The minimum atomic E-state index is -1.53. The van der Waals surface area contributed by atoms with Gasteiger partial charge in [0.15, 0.2) is 0 Å². The highest BCUT2D eigenvalue weighted by Crippen LogP contribution is 2.52. The summed E-state index contributed by atoms with van der Waals surface area (Å²) in [5.41, 5.74) is 1.21. The third-order valence-corrected chi connectivity index (χ3v) is 8.22. The van der Waals surface area contributed by atoms with Crippen LogP contribution < -0.4 is 10.2 Å². The Bertz CT molecular complexity index is 1590. The van der Waals surface area contributed by atoms with E-state index in [1.165, 1.54) is 12.0 Å². The van der Waals surface area contributed by atoms with E-state index in [-0.39, 0.29) is 6.42 Å². The maximum Gasteiger partial charge on any atom is 0.327 e. The Kier molecular flexibility index (Phi) is 6.02. The van der Waals surface area contributed by atoms with Crippen LogP contribution in [0.3, 0.4) is 0 Å². The number of ether oxygens (including phenoxy) is 1. The number of H-pyrrole nitrogens is 1. The molecule has 38 heavy (non-hydrogen) atoms. The molecule has 2 N–H and O–H groups in total. The van der Waals surface area contributed by atoms with E-state index >= 15 is 0 Å². The fourth-order valence-electron chi connectivity index (χ4n) is 6.04. The highest BCUT2D eigenvalue weighted by atomic mass is 35.5. The van der Waals surface area contributed by atoms with Crippen LogP contribution in [0.5, 0.6) is 0 Å². The highest BCUT2D eigenvalue weighted by molar-refractivity contribution is 6.35. The molecule has 2 aliphatic heterocycles. The number of amides is 2. The van der Waals surface area contributed by atoms with E-state index in [0.29, 0.717) is 21.3 Å². The molecule has 0 unspecified atom stereocenters. The first-order valence-corrected chi connectivity index (χ1v) is 12.9. The predicted molar refractivity (Wildman–Crippen MR) is 145 cm³/mol. The number of para-hydroxylation sites is 2. The van der Waals surface area contributed by atoms with Crippen molar-refractivity contribution in [2.75, 3.05) is 12.0 Å². The van der Waals surface area contributed by atoms with E-state index in [1.807, 2.05) is 36.5 Å². The van der Waals surface area contributed by atoms with Gasteiger partial charge >= 0.3 is 5.97 Å². The molecule has 3 aromatic carbocycles. The van der Waals surface area contributed by atoms with Crippen LogP contribution in [-0.4, -0.2) is 35.4 Å². The minimum Gasteiger partial charge on any atom is -0.468 e. The maximum atomic E-state index is 14.1. The molecular weight excluding hydrogens is 525 g/mol. The third kappa shape index (κ3) is 3.65. The zero-order valence-corrected chi connectivity index (χ0v) is 21.8. The number of imide groups is 1. The number of rotatable bonds is 5. The van der Waals surface area contributed by atoms with Crippen molar-refractivity contribution in [3.63, 3.8) is 0 Å². The number of hydrogen-bond donors (Lipinski definition) is 2. The van der Waals surface area contributed by atoms with E-state index in [9.17, 15) is 14.4 Å². The van der Waals surface area contributed by atoms with E-state index < -0.39 is 41.2 Å². The van der Waals surface area contributed by atoms with E-state index in [1.54, 1.807) is 42.5 Å². The van der Waals surface area contributed by atoms with Crippen molar-refractivity contribution in [1.29, 1.82) is 0 Å². The fourth-order valence-corrected chi connectivity index (χ4v) is 6.56. The molecule has 7 nitrogen and oxygen atoms in total. The summed E-state index contributed by atoms with van der Waals surface area (Å²) in [6, 6.07) is 20.7. The number of anilines is 1. The lowest BCUT2D eigenvalue weighted by Crippen LogP contribution is -2.57. The number of hydrogen-bond acceptors (Lipinski definition) is 5. The molecule has 0 bridgehead atoms. The molecule has 4 atom stereocenters. The molecule has 192 valence electrons. The van der Waals surface area contributed by atoms with Crippen LogP contribution in [-0.2, 0) is 25.5 Å². The van der Waals surface area contributed by atoms with Gasteiger partial charge in [-0.3, -0.25) is 19.7 Å². The van der Waals surface area contributed by atoms with E-state index in [2.05, 4.69) is 10.3 Å². The first-order chi connectivity index (χ1) is 18.4. The Morgan fingerprint density at radius 1 is 1.00 bits per heavy atom. The Hall–Kier alpha value is -3.65. The summed E-state index contributed by atoms with van der Waals surface area (Å²) in [5.74, 6) is -3.42. The van der Waals surface area contributed by atoms with Gasteiger partial charge in [0.25, 0.3) is 0 Å². The zero-order valence-electron chi connectivity index (χ0n) is 20.3. The molecule has 0 aliphatic carbocycles. The molecule has 0 saturated carbocycles. The molecule has 0 spiro atoms. The molecule has 0 radical (unpaired) electrons. The number of halogens is 2. The molecular formula is C29H23Cl2N3O4. The number of carbonyl (C=O) groups is 3. The van der Waals surface area contributed by atoms with Crippen LogP contribution >= 0.6 is 23.2 Å². The number of esters is 1. The van der Waals surface area contributed by atoms with Crippen LogP contribution in [0.2, 0.25) is 10.0 Å². The summed E-state index contributed by atoms with van der Waals surface area (Å²) < 4.78 is 5.32. The number of aromatic amines is 1. The van der Waals surface area contributed by atoms with E-state index in [4.69, 9.17) is 27.9 Å². The molecule has 3 heterocycles. The van der Waals surface area contributed by atoms with E-state index in [0.717, 1.165) is 16.5 Å². The number of benzene rings is 3. The Balaban J connectivity index is 1.55. The van der Waals surface area contributed by atoms with Crippen LogP contribution in [0.15, 0.2) is 79.0 Å². The molecule has 4 aromatic rings. The van der Waals surface area contributed by atoms with Crippen molar-refractivity contribution in [3.8, 4) is 0 Å². The molecule has 1 aromatic heterocycles. The zero-order chi connectivity index (χ0) is 26.6. The highest BCUT2D eigenvalue weighted by Gasteiger charge is 2.69. The first kappa shape index (κ1) is 24.7. The van der Waals surface area contributed by atoms with Crippen molar-refractivity contribution in [2.24, 2.45) is 11.8 Å². The minimum absolute atomic E-state index is 0.119. The van der Waals surface area contributed by atoms with Crippen LogP contribution in [0.25, 0.3) is 10.9 Å². The second-order valence-corrected chi connectivity index (χ2v) is 10.5. The number of carbonyl (C=O) groups excluding carboxylic acids is 3. The molecule has 2 saturated heterocycles. The lowest BCUT2D eigenvalue weighted by atomic mass is 9.76. The molecule has 2 aliphatic rings. The largest absolute Gasteiger partial charge is 0.468 e. The lowest BCUT2D eigenvalue weighted by molar-refractivity contribution is -0.152. The second kappa shape index (κ2) is 9.27. The van der Waals surface area contributed by atoms with Gasteiger partial charge in [0, 0.05) is 39.6 Å². The third-order valence-electron chi connectivity index (χ3n) is 7.66. The van der Waals surface area contributed by atoms with Gasteiger partial charge in [-0.1, -0.05) is 65.7 Å². The van der Waals surface area contributed by atoms with Gasteiger partial charge in [-0.25, -0.2) is 4.90 Å². The van der Waals surface area contributed by atoms with Crippen molar-refractivity contribution < 1.29 is 19.1 Å². The van der Waals surface area contributed by atoms with Gasteiger partial charge in [0.05, 0.1) is 24.6 Å². The van der Waals surface area contributed by atoms with Crippen molar-refractivity contribution >= 4 is 57.6 Å². The summed E-state index contributed by atoms with van der Waals surface area (Å²) in [7, 11) is 1.29. The lowest BCUT2D eigenvalue weighted by Gasteiger charge is -2.32. The quantitative estimate of drug-likeness (QED) is 0.268. The van der Waals surface area contributed by atoms with Gasteiger partial charge in [-0.15, -0.1) is 0 Å². The molecule has 2 fully saturated rings. The van der Waals surface area contributed by atoms with Crippen molar-refractivity contribution in [1.82, 2.24) is 10.3 Å². The summed E-state index contributed by atoms with van der Waals surface area (Å²) in [6.45, 7) is 0. The van der Waals surface area contributed by atoms with Crippen LogP contribution in [0.1, 0.15) is 17.2 Å². The van der Waals surface area contributed by atoms with Crippen LogP contribution in [0.4, 0.5) is 5.69 Å². The topological polar surface area (TPSA) is 91.5 Å². The smallest absolute Gasteiger partial charge is 0.327 e. The Labute approximate surface area is 228 Å².